The molecule has 0 aromatic rings. The molecule has 1 aliphatic carbocycles. The molecule has 1 aliphatic heterocycles. The minimum absolute atomic E-state index is 0.191. The zero-order chi connectivity index (χ0) is 15.6. The van der Waals surface area contributed by atoms with E-state index in [1.165, 1.54) is 17.5 Å². The lowest BCUT2D eigenvalue weighted by Crippen LogP contribution is -2.58. The molecule has 2 fully saturated rings. The molecular weight excluding hydrogens is 286 g/mol. The van der Waals surface area contributed by atoms with Crippen LogP contribution in [0, 0.1) is 17.8 Å². The van der Waals surface area contributed by atoms with E-state index in [0.29, 0.717) is 18.4 Å². The van der Waals surface area contributed by atoms with Gasteiger partial charge in [0.05, 0.1) is 6.04 Å². The Labute approximate surface area is 131 Å². The van der Waals surface area contributed by atoms with Gasteiger partial charge in [0.1, 0.15) is 0 Å². The molecule has 0 spiro atoms. The number of aliphatic imine (C=N–C) groups is 1. The Bertz CT molecular complexity index is 478. The predicted octanol–water partition coefficient (Wildman–Crippen LogP) is 1.76. The number of rotatable bonds is 3. The molecule has 0 unspecified atom stereocenters. The van der Waals surface area contributed by atoms with Gasteiger partial charge < -0.3 is 5.32 Å². The van der Waals surface area contributed by atoms with Crippen molar-refractivity contribution in [3.63, 3.8) is 0 Å². The van der Waals surface area contributed by atoms with E-state index in [-0.39, 0.29) is 23.0 Å². The van der Waals surface area contributed by atoms with Gasteiger partial charge in [0.15, 0.2) is 11.0 Å². The number of hydrogen-bond donors (Lipinski definition) is 1. The summed E-state index contributed by atoms with van der Waals surface area (Å²) in [7, 11) is 0. The van der Waals surface area contributed by atoms with E-state index in [0.717, 1.165) is 12.8 Å². The van der Waals surface area contributed by atoms with Gasteiger partial charge in [0.2, 0.25) is 11.8 Å². The molecule has 0 aromatic heterocycles. The maximum atomic E-state index is 12.3. The Morgan fingerprint density at radius 3 is 2.76 bits per heavy atom. The van der Waals surface area contributed by atoms with E-state index in [2.05, 4.69) is 24.2 Å². The molecule has 1 saturated heterocycles. The maximum absolute atomic E-state index is 12.3. The first-order chi connectivity index (χ1) is 9.95. The van der Waals surface area contributed by atoms with Gasteiger partial charge in [-0.15, -0.1) is 0 Å². The van der Waals surface area contributed by atoms with Crippen LogP contribution < -0.4 is 5.32 Å². The molecule has 5 nitrogen and oxygen atoms in total. The van der Waals surface area contributed by atoms with E-state index in [4.69, 9.17) is 12.2 Å². The van der Waals surface area contributed by atoms with Crippen LogP contribution in [0.3, 0.4) is 0 Å². The standard InChI is InChI=1S/C15H23N3O2S/c1-4-18-14(20)11(13(19)17-15(18)21)8-16-12-7-5-6-9(2)10(12)3/h8-12H,4-7H2,1-3H3,(H,17,19,21)/t9-,10-,11-,12+/m0/s1. The number of carbonyl (C=O) groups excluding carboxylic acids is 2. The fourth-order valence-corrected chi connectivity index (χ4v) is 3.34. The SMILES string of the molecule is CCN1C(=O)[C@@H](C=N[C@@H]2CCC[C@H](C)[C@@H]2C)C(=O)NC1=S. The summed E-state index contributed by atoms with van der Waals surface area (Å²) in [5.74, 6) is -0.362. The number of carbonyl (C=O) groups is 2. The lowest BCUT2D eigenvalue weighted by molar-refractivity contribution is -0.137. The van der Waals surface area contributed by atoms with Crippen LogP contribution >= 0.6 is 12.2 Å². The first-order valence-corrected chi connectivity index (χ1v) is 8.06. The average Bonchev–Trinajstić information content (AvgIpc) is 2.43. The first-order valence-electron chi connectivity index (χ1n) is 7.65. The van der Waals surface area contributed by atoms with Crippen LogP contribution in [-0.2, 0) is 9.59 Å². The quantitative estimate of drug-likeness (QED) is 0.491. The molecule has 0 bridgehead atoms. The molecule has 2 aliphatic rings. The van der Waals surface area contributed by atoms with Gasteiger partial charge in [-0.2, -0.15) is 0 Å². The number of thiocarbonyl (C=S) groups is 1. The summed E-state index contributed by atoms with van der Waals surface area (Å²) in [5.41, 5.74) is 0. The van der Waals surface area contributed by atoms with E-state index in [9.17, 15) is 9.59 Å². The van der Waals surface area contributed by atoms with Crippen molar-refractivity contribution in [3.8, 4) is 0 Å². The number of hydrogen-bond acceptors (Lipinski definition) is 4. The van der Waals surface area contributed by atoms with Gasteiger partial charge in [-0.05, 0) is 37.4 Å². The molecule has 6 heteroatoms. The topological polar surface area (TPSA) is 61.8 Å². The molecule has 2 rings (SSSR count). The van der Waals surface area contributed by atoms with Crippen LogP contribution in [0.1, 0.15) is 40.0 Å². The lowest BCUT2D eigenvalue weighted by Gasteiger charge is -2.32. The fraction of sp³-hybridized carbons (Fsp3) is 0.733. The molecule has 116 valence electrons. The summed E-state index contributed by atoms with van der Waals surface area (Å²) in [6, 6.07) is 0.207. The Morgan fingerprint density at radius 1 is 1.38 bits per heavy atom. The van der Waals surface area contributed by atoms with Crippen LogP contribution in [0.5, 0.6) is 0 Å². The van der Waals surface area contributed by atoms with Crippen molar-refractivity contribution in [1.82, 2.24) is 10.2 Å². The number of amides is 2. The van der Waals surface area contributed by atoms with Crippen LogP contribution in [-0.4, -0.2) is 40.6 Å². The summed E-state index contributed by atoms with van der Waals surface area (Å²) in [5, 5.41) is 2.77. The van der Waals surface area contributed by atoms with Gasteiger partial charge in [0.25, 0.3) is 0 Å². The Morgan fingerprint density at radius 2 is 2.10 bits per heavy atom. The average molecular weight is 309 g/mol. The predicted molar refractivity (Wildman–Crippen MR) is 86.1 cm³/mol. The van der Waals surface area contributed by atoms with Crippen molar-refractivity contribution in [2.75, 3.05) is 6.54 Å². The van der Waals surface area contributed by atoms with Crippen molar-refractivity contribution in [3.05, 3.63) is 0 Å². The summed E-state index contributed by atoms with van der Waals surface area (Å²) < 4.78 is 0. The van der Waals surface area contributed by atoms with E-state index in [1.54, 1.807) is 0 Å². The molecule has 2 amide bonds. The summed E-state index contributed by atoms with van der Waals surface area (Å²) in [6.07, 6.45) is 4.94. The lowest BCUT2D eigenvalue weighted by atomic mass is 9.78. The van der Waals surface area contributed by atoms with Gasteiger partial charge in [-0.25, -0.2) is 0 Å². The second-order valence-electron chi connectivity index (χ2n) is 5.99. The molecule has 1 saturated carbocycles. The largest absolute Gasteiger partial charge is 0.302 e. The second-order valence-corrected chi connectivity index (χ2v) is 6.37. The van der Waals surface area contributed by atoms with Crippen LogP contribution in [0.4, 0.5) is 0 Å². The van der Waals surface area contributed by atoms with Crippen molar-refractivity contribution >= 4 is 35.4 Å². The van der Waals surface area contributed by atoms with E-state index < -0.39 is 5.92 Å². The highest BCUT2D eigenvalue weighted by Gasteiger charge is 2.37. The molecule has 1 N–H and O–H groups in total. The molecule has 21 heavy (non-hydrogen) atoms. The van der Waals surface area contributed by atoms with Crippen LogP contribution in [0.15, 0.2) is 4.99 Å². The van der Waals surface area contributed by atoms with Crippen molar-refractivity contribution < 1.29 is 9.59 Å². The Kier molecular flexibility index (Phi) is 5.08. The maximum Gasteiger partial charge on any atom is 0.246 e. The molecule has 0 radical (unpaired) electrons. The minimum atomic E-state index is -0.846. The third-order valence-electron chi connectivity index (χ3n) is 4.70. The molecular formula is C15H23N3O2S. The van der Waals surface area contributed by atoms with Gasteiger partial charge >= 0.3 is 0 Å². The monoisotopic (exact) mass is 309 g/mol. The zero-order valence-corrected chi connectivity index (χ0v) is 13.7. The van der Waals surface area contributed by atoms with Crippen LogP contribution in [0.2, 0.25) is 0 Å². The Hall–Kier alpha value is -1.30. The van der Waals surface area contributed by atoms with E-state index in [1.807, 2.05) is 6.92 Å². The van der Waals surface area contributed by atoms with Gasteiger partial charge in [0, 0.05) is 12.8 Å². The number of nitrogens with one attached hydrogen (secondary N) is 1. The highest BCUT2D eigenvalue weighted by Crippen LogP contribution is 2.31. The van der Waals surface area contributed by atoms with Gasteiger partial charge in [-0.3, -0.25) is 19.5 Å². The normalized spacial score (nSPS) is 34.4. The van der Waals surface area contributed by atoms with Crippen molar-refractivity contribution in [2.24, 2.45) is 22.7 Å². The van der Waals surface area contributed by atoms with Crippen molar-refractivity contribution in [1.29, 1.82) is 0 Å². The summed E-state index contributed by atoms with van der Waals surface area (Å²) in [4.78, 5) is 30.2. The molecule has 1 heterocycles. The Balaban J connectivity index is 2.10. The molecule has 4 atom stereocenters. The zero-order valence-electron chi connectivity index (χ0n) is 12.8. The fourth-order valence-electron chi connectivity index (χ4n) is 3.02. The van der Waals surface area contributed by atoms with Crippen molar-refractivity contribution in [2.45, 2.75) is 46.1 Å². The van der Waals surface area contributed by atoms with Gasteiger partial charge in [-0.1, -0.05) is 26.7 Å². The first kappa shape index (κ1) is 16.1. The highest BCUT2D eigenvalue weighted by molar-refractivity contribution is 7.80. The minimum Gasteiger partial charge on any atom is -0.302 e. The smallest absolute Gasteiger partial charge is 0.246 e. The second kappa shape index (κ2) is 6.64. The van der Waals surface area contributed by atoms with Crippen LogP contribution in [0.25, 0.3) is 0 Å². The molecule has 0 aromatic carbocycles. The highest BCUT2D eigenvalue weighted by atomic mass is 32.1. The van der Waals surface area contributed by atoms with E-state index >= 15 is 0 Å². The summed E-state index contributed by atoms with van der Waals surface area (Å²) >= 11 is 5.01. The third kappa shape index (κ3) is 3.31. The summed E-state index contributed by atoms with van der Waals surface area (Å²) in [6.45, 7) is 6.73. The third-order valence-corrected chi connectivity index (χ3v) is 5.02. The number of nitrogens with zero attached hydrogens (tertiary/aromatic N) is 2.